The third kappa shape index (κ3) is 7.74. The van der Waals surface area contributed by atoms with Crippen LogP contribution in [-0.4, -0.2) is 57.6 Å². The van der Waals surface area contributed by atoms with E-state index in [0.717, 1.165) is 25.1 Å². The van der Waals surface area contributed by atoms with E-state index in [1.54, 1.807) is 17.0 Å². The molecule has 2 fully saturated rings. The van der Waals surface area contributed by atoms with Gasteiger partial charge < -0.3 is 25.0 Å². The first-order valence-electron chi connectivity index (χ1n) is 13.1. The quantitative estimate of drug-likeness (QED) is 0.297. The first-order valence-corrected chi connectivity index (χ1v) is 13.1. The number of hydrogen-bond acceptors (Lipinski definition) is 7. The Labute approximate surface area is 233 Å². The van der Waals surface area contributed by atoms with Crippen LogP contribution in [0.2, 0.25) is 0 Å². The number of anilines is 2. The fourth-order valence-corrected chi connectivity index (χ4v) is 5.01. The number of carbonyl (C=O) groups is 2. The van der Waals surface area contributed by atoms with Gasteiger partial charge in [0.15, 0.2) is 0 Å². The maximum atomic E-state index is 13.9. The van der Waals surface area contributed by atoms with Gasteiger partial charge in [-0.15, -0.1) is 0 Å². The van der Waals surface area contributed by atoms with Crippen LogP contribution in [-0.2, 0) is 15.8 Å². The fourth-order valence-electron chi connectivity index (χ4n) is 5.01. The molecule has 5 rings (SSSR count). The van der Waals surface area contributed by atoms with Crippen LogP contribution in [0.25, 0.3) is 22.8 Å². The Kier molecular flexibility index (Phi) is 9.14. The minimum absolute atomic E-state index is 0.0203. The van der Waals surface area contributed by atoms with Crippen molar-refractivity contribution in [3.63, 3.8) is 0 Å². The van der Waals surface area contributed by atoms with E-state index in [1.807, 2.05) is 12.1 Å². The van der Waals surface area contributed by atoms with E-state index in [9.17, 15) is 22.4 Å². The summed E-state index contributed by atoms with van der Waals surface area (Å²) in [6.07, 6.45) is -3.20. The zero-order valence-electron chi connectivity index (χ0n) is 22.2. The summed E-state index contributed by atoms with van der Waals surface area (Å²) < 4.78 is 60.5. The Morgan fingerprint density at radius 3 is 2.22 bits per heavy atom. The Morgan fingerprint density at radius 1 is 1.00 bits per heavy atom. The zero-order valence-corrected chi connectivity index (χ0v) is 22.2. The highest BCUT2D eigenvalue weighted by Gasteiger charge is 2.36. The van der Waals surface area contributed by atoms with Gasteiger partial charge in [0.05, 0.1) is 11.5 Å². The second-order valence-corrected chi connectivity index (χ2v) is 10.1. The number of piperidine rings is 1. The normalized spacial score (nSPS) is 19.4. The lowest BCUT2D eigenvalue weighted by molar-refractivity contribution is -0.141. The number of aromatic nitrogens is 2. The number of alkyl halides is 4. The summed E-state index contributed by atoms with van der Waals surface area (Å²) in [5, 5.41) is 23.8. The van der Waals surface area contributed by atoms with Gasteiger partial charge in [-0.1, -0.05) is 5.16 Å². The lowest BCUT2D eigenvalue weighted by Crippen LogP contribution is -2.35. The minimum Gasteiger partial charge on any atom is -0.481 e. The highest BCUT2D eigenvalue weighted by Crippen LogP contribution is 2.40. The number of aliphatic carboxylic acids is 2. The van der Waals surface area contributed by atoms with Crippen LogP contribution >= 0.6 is 0 Å². The lowest BCUT2D eigenvalue weighted by Gasteiger charge is -2.32. The molecule has 2 atom stereocenters. The van der Waals surface area contributed by atoms with Gasteiger partial charge in [-0.3, -0.25) is 9.59 Å². The molecule has 220 valence electrons. The van der Waals surface area contributed by atoms with E-state index < -0.39 is 29.9 Å². The highest BCUT2D eigenvalue weighted by molar-refractivity contribution is 5.71. The summed E-state index contributed by atoms with van der Waals surface area (Å²) in [5.41, 5.74) is 0.787. The molecule has 2 unspecified atom stereocenters. The van der Waals surface area contributed by atoms with E-state index >= 15 is 0 Å². The number of benzene rings is 2. The van der Waals surface area contributed by atoms with Crippen LogP contribution in [0.5, 0.6) is 0 Å². The molecule has 41 heavy (non-hydrogen) atoms. The van der Waals surface area contributed by atoms with E-state index in [1.165, 1.54) is 12.1 Å². The molecule has 13 heteroatoms. The van der Waals surface area contributed by atoms with Crippen LogP contribution in [0.4, 0.5) is 28.9 Å². The summed E-state index contributed by atoms with van der Waals surface area (Å²) in [6, 6.07) is 11.1. The molecule has 1 aliphatic heterocycles. The predicted molar refractivity (Wildman–Crippen MR) is 142 cm³/mol. The highest BCUT2D eigenvalue weighted by atomic mass is 19.4. The van der Waals surface area contributed by atoms with Crippen molar-refractivity contribution in [3.8, 4) is 22.8 Å². The third-order valence-corrected chi connectivity index (χ3v) is 7.04. The van der Waals surface area contributed by atoms with Crippen molar-refractivity contribution in [1.82, 2.24) is 10.1 Å². The van der Waals surface area contributed by atoms with Gasteiger partial charge in [0.1, 0.15) is 6.17 Å². The van der Waals surface area contributed by atoms with Gasteiger partial charge >= 0.3 is 12.1 Å². The van der Waals surface area contributed by atoms with Crippen molar-refractivity contribution in [3.05, 3.63) is 48.0 Å². The Morgan fingerprint density at radius 2 is 1.63 bits per heavy atom. The van der Waals surface area contributed by atoms with Crippen molar-refractivity contribution in [2.75, 3.05) is 23.3 Å². The van der Waals surface area contributed by atoms with Crippen molar-refractivity contribution in [2.24, 2.45) is 5.92 Å². The van der Waals surface area contributed by atoms with Gasteiger partial charge in [-0.25, -0.2) is 4.39 Å². The van der Waals surface area contributed by atoms with Crippen molar-refractivity contribution in [2.45, 2.75) is 57.4 Å². The summed E-state index contributed by atoms with van der Waals surface area (Å²) in [5.74, 6) is -1.74. The second-order valence-electron chi connectivity index (χ2n) is 10.1. The number of carboxylic acid groups (broad SMARTS) is 2. The monoisotopic (exact) mass is 578 g/mol. The van der Waals surface area contributed by atoms with Gasteiger partial charge in [-0.05, 0) is 74.6 Å². The topological polar surface area (TPSA) is 129 Å². The van der Waals surface area contributed by atoms with Crippen LogP contribution in [0.3, 0.4) is 0 Å². The fraction of sp³-hybridized carbons (Fsp3) is 0.429. The molecule has 1 aliphatic carbocycles. The SMILES string of the molecule is CC(=O)O.O=C(O)C1CCC(Nc2ccc(-c3nc(-c4ccc(N5CCC(F)CC5)c(C(F)(F)F)c4)no3)cc2)C1. The molecule has 0 bridgehead atoms. The molecule has 2 aromatic carbocycles. The molecule has 1 aromatic heterocycles. The smallest absolute Gasteiger partial charge is 0.418 e. The molecule has 2 aliphatic rings. The molecule has 9 nitrogen and oxygen atoms in total. The molecule has 3 aromatic rings. The predicted octanol–water partition coefficient (Wildman–Crippen LogP) is 6.12. The van der Waals surface area contributed by atoms with E-state index in [4.69, 9.17) is 19.5 Å². The maximum absolute atomic E-state index is 13.9. The first kappa shape index (κ1) is 29.8. The van der Waals surface area contributed by atoms with Gasteiger partial charge in [0.2, 0.25) is 5.82 Å². The third-order valence-electron chi connectivity index (χ3n) is 7.04. The molecule has 3 N–H and O–H groups in total. The minimum atomic E-state index is -4.60. The maximum Gasteiger partial charge on any atom is 0.418 e. The zero-order chi connectivity index (χ0) is 29.7. The molecule has 1 saturated heterocycles. The lowest BCUT2D eigenvalue weighted by atomic mass is 10.0. The van der Waals surface area contributed by atoms with E-state index in [-0.39, 0.29) is 60.9 Å². The summed E-state index contributed by atoms with van der Waals surface area (Å²) in [6.45, 7) is 1.53. The molecule has 0 radical (unpaired) electrons. The number of halogens is 4. The average molecular weight is 579 g/mol. The van der Waals surface area contributed by atoms with Crippen LogP contribution in [0, 0.1) is 5.92 Å². The van der Waals surface area contributed by atoms with Crippen LogP contribution in [0.1, 0.15) is 44.6 Å². The molecular formula is C28H30F4N4O5. The average Bonchev–Trinajstić information content (AvgIpc) is 3.59. The number of hydrogen-bond donors (Lipinski definition) is 3. The second kappa shape index (κ2) is 12.6. The van der Waals surface area contributed by atoms with Crippen molar-refractivity contribution in [1.29, 1.82) is 0 Å². The number of carboxylic acids is 2. The van der Waals surface area contributed by atoms with Crippen LogP contribution < -0.4 is 10.2 Å². The standard InChI is InChI=1S/C26H26F4N4O3.C2H4O2/c27-18-9-11-34(12-10-18)22-8-4-16(14-21(22)26(28,29)30)23-32-24(37-33-23)15-1-5-19(6-2-15)31-20-7-3-17(13-20)25(35)36;1-2(3)4/h1-2,4-6,8,14,17-18,20,31H,3,7,9-13H2,(H,35,36);1H3,(H,3,4). The number of nitrogens with zero attached hydrogens (tertiary/aromatic N) is 3. The molecule has 2 heterocycles. The van der Waals surface area contributed by atoms with Crippen molar-refractivity contribution >= 4 is 23.3 Å². The van der Waals surface area contributed by atoms with Crippen LogP contribution in [0.15, 0.2) is 47.0 Å². The Hall–Kier alpha value is -4.16. The van der Waals surface area contributed by atoms with Gasteiger partial charge in [0.25, 0.3) is 11.9 Å². The molecule has 1 saturated carbocycles. The Bertz CT molecular complexity index is 1350. The molecule has 0 amide bonds. The Balaban J connectivity index is 0.000000909. The molecular weight excluding hydrogens is 548 g/mol. The summed E-state index contributed by atoms with van der Waals surface area (Å²) >= 11 is 0. The summed E-state index contributed by atoms with van der Waals surface area (Å²) in [7, 11) is 0. The van der Waals surface area contributed by atoms with Crippen molar-refractivity contribution < 1.29 is 41.9 Å². The van der Waals surface area contributed by atoms with Gasteiger partial charge in [-0.2, -0.15) is 18.2 Å². The molecule has 0 spiro atoms. The first-order chi connectivity index (χ1) is 19.4. The summed E-state index contributed by atoms with van der Waals surface area (Å²) in [4.78, 5) is 26.0. The van der Waals surface area contributed by atoms with E-state index in [0.29, 0.717) is 18.4 Å². The van der Waals surface area contributed by atoms with Gasteiger partial charge in [0, 0.05) is 48.6 Å². The largest absolute Gasteiger partial charge is 0.481 e. The number of rotatable bonds is 6. The van der Waals surface area contributed by atoms with E-state index in [2.05, 4.69) is 15.5 Å². The number of nitrogens with one attached hydrogen (secondary N) is 1.